The molecule has 2 amide bonds. The molecule has 142 valence electrons. The van der Waals surface area contributed by atoms with Crippen molar-refractivity contribution in [1.82, 2.24) is 5.32 Å². The van der Waals surface area contributed by atoms with Crippen molar-refractivity contribution in [3.05, 3.63) is 65.2 Å². The van der Waals surface area contributed by atoms with Gasteiger partial charge >= 0.3 is 5.97 Å². The molecular formula is C21H24N2O4. The molecule has 2 aromatic carbocycles. The lowest BCUT2D eigenvalue weighted by Gasteiger charge is -2.17. The minimum atomic E-state index is -0.561. The molecule has 0 aliphatic carbocycles. The number of amides is 2. The van der Waals surface area contributed by atoms with Crippen LogP contribution in [-0.4, -0.2) is 24.4 Å². The predicted octanol–water partition coefficient (Wildman–Crippen LogP) is 3.05. The summed E-state index contributed by atoms with van der Waals surface area (Å²) < 4.78 is 5.09. The number of rotatable bonds is 7. The van der Waals surface area contributed by atoms with Crippen molar-refractivity contribution < 1.29 is 19.1 Å². The third-order valence-electron chi connectivity index (χ3n) is 4.06. The molecule has 0 aromatic heterocycles. The molecule has 0 saturated carbocycles. The molecule has 6 heteroatoms. The summed E-state index contributed by atoms with van der Waals surface area (Å²) in [7, 11) is 0. The number of hydrogen-bond donors (Lipinski definition) is 2. The summed E-state index contributed by atoms with van der Waals surface area (Å²) in [5.74, 6) is -1.21. The van der Waals surface area contributed by atoms with Crippen LogP contribution in [0.5, 0.6) is 0 Å². The summed E-state index contributed by atoms with van der Waals surface area (Å²) in [5.41, 5.74) is 3.39. The summed E-state index contributed by atoms with van der Waals surface area (Å²) in [6.45, 7) is 4.80. The molecule has 0 spiro atoms. The maximum absolute atomic E-state index is 12.1. The van der Waals surface area contributed by atoms with Gasteiger partial charge in [0.15, 0.2) is 6.61 Å². The van der Waals surface area contributed by atoms with Crippen LogP contribution in [0.1, 0.15) is 36.1 Å². The first-order valence-electron chi connectivity index (χ1n) is 8.70. The second-order valence-electron chi connectivity index (χ2n) is 6.34. The van der Waals surface area contributed by atoms with Crippen LogP contribution < -0.4 is 10.6 Å². The van der Waals surface area contributed by atoms with Gasteiger partial charge in [-0.15, -0.1) is 0 Å². The van der Waals surface area contributed by atoms with E-state index in [2.05, 4.69) is 10.6 Å². The van der Waals surface area contributed by atoms with Crippen LogP contribution in [0.4, 0.5) is 5.69 Å². The molecule has 0 bridgehead atoms. The number of hydrogen-bond acceptors (Lipinski definition) is 4. The Morgan fingerprint density at radius 3 is 2.19 bits per heavy atom. The zero-order valence-corrected chi connectivity index (χ0v) is 15.7. The van der Waals surface area contributed by atoms with E-state index in [0.717, 1.165) is 22.4 Å². The number of ether oxygens (including phenoxy) is 1. The average molecular weight is 368 g/mol. The second-order valence-corrected chi connectivity index (χ2v) is 6.34. The molecular weight excluding hydrogens is 344 g/mol. The number of anilines is 1. The van der Waals surface area contributed by atoms with Crippen molar-refractivity contribution in [3.63, 3.8) is 0 Å². The zero-order valence-electron chi connectivity index (χ0n) is 15.7. The van der Waals surface area contributed by atoms with Crippen LogP contribution in [0.2, 0.25) is 0 Å². The monoisotopic (exact) mass is 368 g/mol. The summed E-state index contributed by atoms with van der Waals surface area (Å²) >= 11 is 0. The molecule has 0 saturated heterocycles. The lowest BCUT2D eigenvalue weighted by molar-refractivity contribution is -0.148. The van der Waals surface area contributed by atoms with Crippen molar-refractivity contribution in [1.29, 1.82) is 0 Å². The topological polar surface area (TPSA) is 84.5 Å². The first-order chi connectivity index (χ1) is 12.9. The third kappa shape index (κ3) is 6.26. The van der Waals surface area contributed by atoms with Gasteiger partial charge in [0, 0.05) is 12.6 Å². The Hall–Kier alpha value is -3.15. The fourth-order valence-corrected chi connectivity index (χ4v) is 2.74. The maximum atomic E-state index is 12.1. The van der Waals surface area contributed by atoms with Crippen LogP contribution in [0.25, 0.3) is 0 Å². The number of aryl methyl sites for hydroxylation is 2. The van der Waals surface area contributed by atoms with E-state index in [1.165, 1.54) is 6.92 Å². The SMILES string of the molecule is CC(=O)N[C@@H](CC(=O)OCC(=O)Nc1c(C)cccc1C)c1ccccc1. The van der Waals surface area contributed by atoms with Gasteiger partial charge in [0.25, 0.3) is 5.91 Å². The second kappa shape index (κ2) is 9.52. The highest BCUT2D eigenvalue weighted by atomic mass is 16.5. The number of benzene rings is 2. The standard InChI is InChI=1S/C21H24N2O4/c1-14-8-7-9-15(2)21(14)23-19(25)13-27-20(26)12-18(22-16(3)24)17-10-5-4-6-11-17/h4-11,18H,12-13H2,1-3H3,(H,22,24)(H,23,25)/t18-/m0/s1. The minimum absolute atomic E-state index is 0.0553. The molecule has 2 rings (SSSR count). The molecule has 0 aliphatic rings. The van der Waals surface area contributed by atoms with Gasteiger partial charge in [0.2, 0.25) is 5.91 Å². The fraction of sp³-hybridized carbons (Fsp3) is 0.286. The lowest BCUT2D eigenvalue weighted by Crippen LogP contribution is -2.29. The Bertz CT molecular complexity index is 798. The summed E-state index contributed by atoms with van der Waals surface area (Å²) in [5, 5.41) is 5.49. The van der Waals surface area contributed by atoms with E-state index >= 15 is 0 Å². The van der Waals surface area contributed by atoms with Gasteiger partial charge in [-0.1, -0.05) is 48.5 Å². The average Bonchev–Trinajstić information content (AvgIpc) is 2.63. The number of para-hydroxylation sites is 1. The van der Waals surface area contributed by atoms with Crippen LogP contribution >= 0.6 is 0 Å². The smallest absolute Gasteiger partial charge is 0.308 e. The number of esters is 1. The predicted molar refractivity (Wildman–Crippen MR) is 103 cm³/mol. The maximum Gasteiger partial charge on any atom is 0.308 e. The van der Waals surface area contributed by atoms with Gasteiger partial charge < -0.3 is 15.4 Å². The molecule has 1 atom stereocenters. The Balaban J connectivity index is 1.92. The molecule has 2 N–H and O–H groups in total. The molecule has 0 unspecified atom stereocenters. The van der Waals surface area contributed by atoms with E-state index < -0.39 is 17.9 Å². The highest BCUT2D eigenvalue weighted by Gasteiger charge is 2.19. The number of nitrogens with one attached hydrogen (secondary N) is 2. The van der Waals surface area contributed by atoms with E-state index in [0.29, 0.717) is 0 Å². The number of carbonyl (C=O) groups excluding carboxylic acids is 3. The van der Waals surface area contributed by atoms with Crippen molar-refractivity contribution in [2.24, 2.45) is 0 Å². The van der Waals surface area contributed by atoms with Crippen molar-refractivity contribution in [2.45, 2.75) is 33.2 Å². The Morgan fingerprint density at radius 2 is 1.59 bits per heavy atom. The molecule has 0 fully saturated rings. The summed E-state index contributed by atoms with van der Waals surface area (Å²) in [4.78, 5) is 35.7. The van der Waals surface area contributed by atoms with Crippen LogP contribution in [-0.2, 0) is 19.1 Å². The van der Waals surface area contributed by atoms with Gasteiger partial charge in [0.1, 0.15) is 0 Å². The Morgan fingerprint density at radius 1 is 0.963 bits per heavy atom. The van der Waals surface area contributed by atoms with Crippen molar-refractivity contribution >= 4 is 23.5 Å². The molecule has 27 heavy (non-hydrogen) atoms. The summed E-state index contributed by atoms with van der Waals surface area (Å²) in [6.07, 6.45) is -0.0553. The first kappa shape index (κ1) is 20.2. The minimum Gasteiger partial charge on any atom is -0.455 e. The van der Waals surface area contributed by atoms with Crippen LogP contribution in [0, 0.1) is 13.8 Å². The highest BCUT2D eigenvalue weighted by molar-refractivity contribution is 5.94. The van der Waals surface area contributed by atoms with Crippen LogP contribution in [0.15, 0.2) is 48.5 Å². The van der Waals surface area contributed by atoms with E-state index in [1.54, 1.807) is 0 Å². The number of carbonyl (C=O) groups is 3. The summed E-state index contributed by atoms with van der Waals surface area (Å²) in [6, 6.07) is 14.3. The van der Waals surface area contributed by atoms with Crippen molar-refractivity contribution in [3.8, 4) is 0 Å². The van der Waals surface area contributed by atoms with E-state index in [1.807, 2.05) is 62.4 Å². The lowest BCUT2D eigenvalue weighted by atomic mass is 10.0. The molecule has 2 aromatic rings. The van der Waals surface area contributed by atoms with Gasteiger partial charge in [-0.05, 0) is 30.5 Å². The molecule has 0 aliphatic heterocycles. The highest BCUT2D eigenvalue weighted by Crippen LogP contribution is 2.20. The van der Waals surface area contributed by atoms with E-state index in [4.69, 9.17) is 4.74 Å². The first-order valence-corrected chi connectivity index (χ1v) is 8.70. The molecule has 0 heterocycles. The molecule has 0 radical (unpaired) electrons. The zero-order chi connectivity index (χ0) is 19.8. The largest absolute Gasteiger partial charge is 0.455 e. The van der Waals surface area contributed by atoms with Crippen molar-refractivity contribution in [2.75, 3.05) is 11.9 Å². The van der Waals surface area contributed by atoms with Gasteiger partial charge in [-0.3, -0.25) is 14.4 Å². The van der Waals surface area contributed by atoms with Gasteiger partial charge in [0.05, 0.1) is 12.5 Å². The Labute approximate surface area is 158 Å². The van der Waals surface area contributed by atoms with E-state index in [9.17, 15) is 14.4 Å². The Kier molecular flexibility index (Phi) is 7.11. The van der Waals surface area contributed by atoms with Crippen LogP contribution in [0.3, 0.4) is 0 Å². The molecule has 6 nitrogen and oxygen atoms in total. The van der Waals surface area contributed by atoms with Gasteiger partial charge in [-0.25, -0.2) is 0 Å². The van der Waals surface area contributed by atoms with E-state index in [-0.39, 0.29) is 18.9 Å². The van der Waals surface area contributed by atoms with Gasteiger partial charge in [-0.2, -0.15) is 0 Å². The fourth-order valence-electron chi connectivity index (χ4n) is 2.74. The third-order valence-corrected chi connectivity index (χ3v) is 4.06. The normalized spacial score (nSPS) is 11.4. The quantitative estimate of drug-likeness (QED) is 0.736.